The first-order chi connectivity index (χ1) is 16.2. The lowest BCUT2D eigenvalue weighted by molar-refractivity contribution is 0.188. The quantitative estimate of drug-likeness (QED) is 0.355. The van der Waals surface area contributed by atoms with Gasteiger partial charge in [0.25, 0.3) is 0 Å². The van der Waals surface area contributed by atoms with Gasteiger partial charge in [0.05, 0.1) is 40.7 Å². The molecule has 0 saturated carbocycles. The number of hydrogen-bond donors (Lipinski definition) is 1. The molecule has 1 N–H and O–H groups in total. The molecule has 0 fully saturated rings. The van der Waals surface area contributed by atoms with Gasteiger partial charge in [0, 0.05) is 46.1 Å². The van der Waals surface area contributed by atoms with E-state index in [-0.39, 0.29) is 0 Å². The van der Waals surface area contributed by atoms with Gasteiger partial charge in [-0.05, 0) is 24.3 Å². The summed E-state index contributed by atoms with van der Waals surface area (Å²) in [6.07, 6.45) is 3.64. The number of H-pyrrole nitrogens is 1. The number of methoxy groups -OCH3 is 2. The number of rotatable bonds is 9. The van der Waals surface area contributed by atoms with Gasteiger partial charge in [-0.15, -0.1) is 11.3 Å². The van der Waals surface area contributed by atoms with E-state index < -0.39 is 0 Å². The van der Waals surface area contributed by atoms with Crippen molar-refractivity contribution >= 4 is 38.4 Å². The molecular weight excluding hydrogens is 438 g/mol. The normalized spacial score (nSPS) is 11.6. The van der Waals surface area contributed by atoms with Crippen molar-refractivity contribution < 1.29 is 9.47 Å². The fourth-order valence-electron chi connectivity index (χ4n) is 3.85. The number of hydrogen-bond acceptors (Lipinski definition) is 8. The molecule has 0 bridgehead atoms. The number of imidazole rings is 2. The topological polar surface area (TPSA) is 94.0 Å². The van der Waals surface area contributed by atoms with Crippen molar-refractivity contribution in [3.8, 4) is 22.9 Å². The van der Waals surface area contributed by atoms with Crippen LogP contribution in [0.1, 0.15) is 0 Å². The molecule has 0 aliphatic carbocycles. The number of aromatic nitrogens is 6. The summed E-state index contributed by atoms with van der Waals surface area (Å²) in [4.78, 5) is 24.2. The van der Waals surface area contributed by atoms with Crippen LogP contribution in [0.5, 0.6) is 0 Å². The van der Waals surface area contributed by atoms with Gasteiger partial charge in [0.2, 0.25) is 0 Å². The maximum atomic E-state index is 5.37. The summed E-state index contributed by atoms with van der Waals surface area (Å²) < 4.78 is 13.9. The van der Waals surface area contributed by atoms with Gasteiger partial charge in [0.15, 0.2) is 11.6 Å². The number of benzene rings is 1. The largest absolute Gasteiger partial charge is 0.383 e. The molecule has 0 atom stereocenters. The van der Waals surface area contributed by atoms with Gasteiger partial charge in [-0.1, -0.05) is 0 Å². The standard InChI is InChI=1S/C23H25N7O2S/c1-29(8-10-31-2)23-20-18(6-7-24-23)30(9-11-32-3)22(28-20)17-13-25-21(27-17)15-4-5-19-16(12-15)26-14-33-19/h4-7,12-14H,8-11H2,1-3H3,(H,25,27). The van der Waals surface area contributed by atoms with Gasteiger partial charge in [-0.25, -0.2) is 19.9 Å². The van der Waals surface area contributed by atoms with Gasteiger partial charge in [0.1, 0.15) is 17.0 Å². The molecule has 9 nitrogen and oxygen atoms in total. The van der Waals surface area contributed by atoms with Crippen LogP contribution in [0.2, 0.25) is 0 Å². The Balaban J connectivity index is 1.58. The number of nitrogens with one attached hydrogen (secondary N) is 1. The minimum absolute atomic E-state index is 0.567. The number of pyridine rings is 1. The summed E-state index contributed by atoms with van der Waals surface area (Å²) in [6, 6.07) is 8.17. The predicted molar refractivity (Wildman–Crippen MR) is 131 cm³/mol. The van der Waals surface area contributed by atoms with Crippen LogP contribution in [0.4, 0.5) is 5.82 Å². The Bertz CT molecular complexity index is 1390. The predicted octanol–water partition coefficient (Wildman–Crippen LogP) is 3.83. The SMILES string of the molecule is COCCN(C)c1nccc2c1nc(-c1cnc(-c3ccc4scnc4c3)[nH]1)n2CCOC. The highest BCUT2D eigenvalue weighted by atomic mass is 32.1. The van der Waals surface area contributed by atoms with E-state index >= 15 is 0 Å². The highest BCUT2D eigenvalue weighted by Gasteiger charge is 2.19. The summed E-state index contributed by atoms with van der Waals surface area (Å²) in [6.45, 7) is 2.55. The lowest BCUT2D eigenvalue weighted by Gasteiger charge is -2.17. The van der Waals surface area contributed by atoms with Crippen LogP contribution in [0.3, 0.4) is 0 Å². The molecule has 0 amide bonds. The molecule has 10 heteroatoms. The Kier molecular flexibility index (Phi) is 6.03. The average Bonchev–Trinajstić information content (AvgIpc) is 3.58. The van der Waals surface area contributed by atoms with Crippen molar-refractivity contribution in [1.82, 2.24) is 29.5 Å². The molecule has 0 radical (unpaired) electrons. The van der Waals surface area contributed by atoms with Gasteiger partial charge in [-0.3, -0.25) is 0 Å². The molecule has 4 heterocycles. The zero-order valence-electron chi connectivity index (χ0n) is 18.8. The molecule has 5 aromatic rings. The summed E-state index contributed by atoms with van der Waals surface area (Å²) >= 11 is 1.63. The molecule has 0 spiro atoms. The first-order valence-electron chi connectivity index (χ1n) is 10.6. The Morgan fingerprint density at radius 3 is 2.82 bits per heavy atom. The van der Waals surface area contributed by atoms with Gasteiger partial charge < -0.3 is 23.9 Å². The lowest BCUT2D eigenvalue weighted by Crippen LogP contribution is -2.23. The monoisotopic (exact) mass is 463 g/mol. The molecule has 0 saturated heterocycles. The molecule has 33 heavy (non-hydrogen) atoms. The number of ether oxygens (including phenoxy) is 2. The maximum absolute atomic E-state index is 5.37. The first-order valence-corrected chi connectivity index (χ1v) is 11.5. The molecule has 0 unspecified atom stereocenters. The molecule has 4 aromatic heterocycles. The van der Waals surface area contributed by atoms with Crippen molar-refractivity contribution in [1.29, 1.82) is 0 Å². The van der Waals surface area contributed by atoms with E-state index in [4.69, 9.17) is 14.5 Å². The van der Waals surface area contributed by atoms with Crippen LogP contribution >= 0.6 is 11.3 Å². The number of nitrogens with zero attached hydrogens (tertiary/aromatic N) is 6. The molecule has 0 aliphatic heterocycles. The van der Waals surface area contributed by atoms with E-state index in [0.29, 0.717) is 19.8 Å². The van der Waals surface area contributed by atoms with Crippen molar-refractivity contribution in [2.24, 2.45) is 0 Å². The number of fused-ring (bicyclic) bond motifs is 2. The Morgan fingerprint density at radius 1 is 1.09 bits per heavy atom. The van der Waals surface area contributed by atoms with Crippen molar-refractivity contribution in [3.05, 3.63) is 42.2 Å². The zero-order chi connectivity index (χ0) is 22.8. The fourth-order valence-corrected chi connectivity index (χ4v) is 4.51. The molecule has 0 aliphatic rings. The maximum Gasteiger partial charge on any atom is 0.159 e. The first kappa shape index (κ1) is 21.5. The van der Waals surface area contributed by atoms with E-state index in [0.717, 1.165) is 56.5 Å². The van der Waals surface area contributed by atoms with Crippen LogP contribution in [-0.2, 0) is 16.0 Å². The van der Waals surface area contributed by atoms with E-state index in [1.54, 1.807) is 25.6 Å². The van der Waals surface area contributed by atoms with Crippen LogP contribution < -0.4 is 4.90 Å². The highest BCUT2D eigenvalue weighted by molar-refractivity contribution is 7.16. The van der Waals surface area contributed by atoms with E-state index in [2.05, 4.69) is 47.6 Å². The Hall–Kier alpha value is -3.34. The second kappa shape index (κ2) is 9.26. The fraction of sp³-hybridized carbons (Fsp3) is 0.304. The average molecular weight is 464 g/mol. The van der Waals surface area contributed by atoms with Crippen molar-refractivity contribution in [2.45, 2.75) is 6.54 Å². The van der Waals surface area contributed by atoms with Crippen LogP contribution in [0, 0.1) is 0 Å². The second-order valence-electron chi connectivity index (χ2n) is 7.68. The number of aromatic amines is 1. The molecule has 5 rings (SSSR count). The summed E-state index contributed by atoms with van der Waals surface area (Å²) in [5.74, 6) is 2.39. The van der Waals surface area contributed by atoms with E-state index in [1.165, 1.54) is 0 Å². The molecule has 170 valence electrons. The van der Waals surface area contributed by atoms with Gasteiger partial charge in [-0.2, -0.15) is 0 Å². The number of thiazole rings is 1. The summed E-state index contributed by atoms with van der Waals surface area (Å²) in [5, 5.41) is 0. The minimum atomic E-state index is 0.567. The van der Waals surface area contributed by atoms with E-state index in [1.807, 2.05) is 31.0 Å². The Labute approximate surface area is 195 Å². The summed E-state index contributed by atoms with van der Waals surface area (Å²) in [7, 11) is 5.40. The van der Waals surface area contributed by atoms with Crippen LogP contribution in [-0.4, -0.2) is 70.5 Å². The lowest BCUT2D eigenvalue weighted by atomic mass is 10.2. The van der Waals surface area contributed by atoms with Crippen LogP contribution in [0.15, 0.2) is 42.2 Å². The Morgan fingerprint density at radius 2 is 1.97 bits per heavy atom. The number of likely N-dealkylation sites (N-methyl/N-ethyl adjacent to an activating group) is 1. The third kappa shape index (κ3) is 4.08. The zero-order valence-corrected chi connectivity index (χ0v) is 19.6. The van der Waals surface area contributed by atoms with Crippen molar-refractivity contribution in [2.75, 3.05) is 45.9 Å². The highest BCUT2D eigenvalue weighted by Crippen LogP contribution is 2.30. The van der Waals surface area contributed by atoms with Gasteiger partial charge >= 0.3 is 0 Å². The minimum Gasteiger partial charge on any atom is -0.383 e. The smallest absolute Gasteiger partial charge is 0.159 e. The third-order valence-corrected chi connectivity index (χ3v) is 6.39. The molecular formula is C23H25N7O2S. The number of anilines is 1. The third-order valence-electron chi connectivity index (χ3n) is 5.58. The second-order valence-corrected chi connectivity index (χ2v) is 8.56. The van der Waals surface area contributed by atoms with Crippen LogP contribution in [0.25, 0.3) is 44.2 Å². The summed E-state index contributed by atoms with van der Waals surface area (Å²) in [5.41, 5.74) is 6.48. The van der Waals surface area contributed by atoms with E-state index in [9.17, 15) is 0 Å². The molecule has 1 aromatic carbocycles. The van der Waals surface area contributed by atoms with Crippen molar-refractivity contribution in [3.63, 3.8) is 0 Å².